The Hall–Kier alpha value is -1.88. The van der Waals surface area contributed by atoms with Gasteiger partial charge in [0.1, 0.15) is 5.52 Å². The molecule has 5 nitrogen and oxygen atoms in total. The van der Waals surface area contributed by atoms with Gasteiger partial charge in [-0.25, -0.2) is 0 Å². The van der Waals surface area contributed by atoms with Crippen molar-refractivity contribution in [2.45, 2.75) is 25.9 Å². The van der Waals surface area contributed by atoms with Gasteiger partial charge < -0.3 is 14.1 Å². The maximum Gasteiger partial charge on any atom is 0.298 e. The lowest BCUT2D eigenvalue weighted by Gasteiger charge is -2.29. The lowest BCUT2D eigenvalue weighted by atomic mass is 10.1. The van der Waals surface area contributed by atoms with Crippen LogP contribution in [0.3, 0.4) is 0 Å². The van der Waals surface area contributed by atoms with Crippen molar-refractivity contribution >= 4 is 22.9 Å². The summed E-state index contributed by atoms with van der Waals surface area (Å²) in [6, 6.07) is 6.01. The third-order valence-electron chi connectivity index (χ3n) is 3.83. The third kappa shape index (κ3) is 2.41. The van der Waals surface area contributed by atoms with Crippen molar-refractivity contribution < 1.29 is 13.9 Å². The van der Waals surface area contributed by atoms with Gasteiger partial charge in [-0.2, -0.15) is 4.98 Å². The second kappa shape index (κ2) is 5.25. The van der Waals surface area contributed by atoms with Crippen LogP contribution in [0.5, 0.6) is 0 Å². The van der Waals surface area contributed by atoms with E-state index in [1.807, 2.05) is 6.07 Å². The second-order valence-corrected chi connectivity index (χ2v) is 5.16. The summed E-state index contributed by atoms with van der Waals surface area (Å²) in [5.41, 5.74) is 2.11. The zero-order chi connectivity index (χ0) is 14.1. The van der Waals surface area contributed by atoms with E-state index in [9.17, 15) is 4.79 Å². The molecule has 1 aliphatic heterocycles. The highest BCUT2D eigenvalue weighted by molar-refractivity contribution is 5.97. The number of carbonyl (C=O) groups is 1. The lowest BCUT2D eigenvalue weighted by molar-refractivity contribution is 0.0811. The van der Waals surface area contributed by atoms with Gasteiger partial charge in [-0.05, 0) is 38.0 Å². The molecule has 3 rings (SSSR count). The molecule has 0 N–H and O–H groups in total. The molecule has 1 aromatic heterocycles. The van der Waals surface area contributed by atoms with Crippen LogP contribution in [0.4, 0.5) is 6.01 Å². The summed E-state index contributed by atoms with van der Waals surface area (Å²) in [6.45, 7) is 3.31. The number of benzene rings is 1. The minimum absolute atomic E-state index is 0.0331. The number of Topliss-reactive ketones (excluding diaryl/α,β-unsaturated/α-hetero) is 1. The summed E-state index contributed by atoms with van der Waals surface area (Å²) >= 11 is 0. The van der Waals surface area contributed by atoms with Crippen molar-refractivity contribution in [3.8, 4) is 0 Å². The van der Waals surface area contributed by atoms with Crippen LogP contribution in [0.2, 0.25) is 0 Å². The molecule has 0 spiro atoms. The molecular weight excluding hydrogens is 256 g/mol. The van der Waals surface area contributed by atoms with Crippen molar-refractivity contribution in [1.29, 1.82) is 0 Å². The van der Waals surface area contributed by atoms with Crippen LogP contribution in [-0.4, -0.2) is 37.1 Å². The fourth-order valence-corrected chi connectivity index (χ4v) is 2.55. The van der Waals surface area contributed by atoms with Gasteiger partial charge >= 0.3 is 0 Å². The standard InChI is InChI=1S/C15H18N2O3/c1-10(18)11-3-4-13-14(9-11)20-15(16-13)17-7-5-12(19-2)6-8-17/h3-4,9,12H,5-8H2,1-2H3. The molecule has 106 valence electrons. The summed E-state index contributed by atoms with van der Waals surface area (Å²) in [5, 5.41) is 0. The average Bonchev–Trinajstić information content (AvgIpc) is 2.90. The molecule has 0 radical (unpaired) electrons. The first-order chi connectivity index (χ1) is 9.67. The number of rotatable bonds is 3. The molecule has 0 aliphatic carbocycles. The fourth-order valence-electron chi connectivity index (χ4n) is 2.55. The molecule has 2 aromatic rings. The Kier molecular flexibility index (Phi) is 3.44. The largest absolute Gasteiger partial charge is 0.423 e. The van der Waals surface area contributed by atoms with Gasteiger partial charge in [0.2, 0.25) is 0 Å². The number of hydrogen-bond acceptors (Lipinski definition) is 5. The van der Waals surface area contributed by atoms with Crippen LogP contribution in [0, 0.1) is 0 Å². The molecule has 1 aliphatic rings. The molecule has 5 heteroatoms. The zero-order valence-electron chi connectivity index (χ0n) is 11.8. The third-order valence-corrected chi connectivity index (χ3v) is 3.83. The number of aromatic nitrogens is 1. The summed E-state index contributed by atoms with van der Waals surface area (Å²) in [6.07, 6.45) is 2.29. The number of piperidine rings is 1. The van der Waals surface area contributed by atoms with Crippen LogP contribution < -0.4 is 4.90 Å². The van der Waals surface area contributed by atoms with Crippen molar-refractivity contribution in [1.82, 2.24) is 4.98 Å². The quantitative estimate of drug-likeness (QED) is 0.805. The van der Waals surface area contributed by atoms with E-state index < -0.39 is 0 Å². The number of fused-ring (bicyclic) bond motifs is 1. The van der Waals surface area contributed by atoms with E-state index in [1.165, 1.54) is 0 Å². The number of anilines is 1. The molecule has 0 atom stereocenters. The van der Waals surface area contributed by atoms with Crippen molar-refractivity contribution in [3.05, 3.63) is 23.8 Å². The molecule has 1 aromatic carbocycles. The number of methoxy groups -OCH3 is 1. The van der Waals surface area contributed by atoms with Crippen LogP contribution in [0.15, 0.2) is 22.6 Å². The number of nitrogens with zero attached hydrogens (tertiary/aromatic N) is 2. The van der Waals surface area contributed by atoms with Gasteiger partial charge in [-0.1, -0.05) is 0 Å². The number of ketones is 1. The first-order valence-electron chi connectivity index (χ1n) is 6.86. The maximum absolute atomic E-state index is 11.4. The zero-order valence-corrected chi connectivity index (χ0v) is 11.8. The minimum Gasteiger partial charge on any atom is -0.423 e. The predicted molar refractivity (Wildman–Crippen MR) is 76.3 cm³/mol. The van der Waals surface area contributed by atoms with E-state index >= 15 is 0 Å². The molecule has 0 amide bonds. The van der Waals surface area contributed by atoms with E-state index in [4.69, 9.17) is 9.15 Å². The predicted octanol–water partition coefficient (Wildman–Crippen LogP) is 2.65. The Morgan fingerprint density at radius 3 is 2.80 bits per heavy atom. The Bertz CT molecular complexity index is 627. The number of ether oxygens (including phenoxy) is 1. The van der Waals surface area contributed by atoms with Gasteiger partial charge in [0.05, 0.1) is 6.10 Å². The first kappa shape index (κ1) is 13.1. The SMILES string of the molecule is COC1CCN(c2nc3ccc(C(C)=O)cc3o2)CC1. The molecule has 0 bridgehead atoms. The molecule has 20 heavy (non-hydrogen) atoms. The summed E-state index contributed by atoms with van der Waals surface area (Å²) in [7, 11) is 1.75. The van der Waals surface area contributed by atoms with Crippen molar-refractivity contribution in [2.75, 3.05) is 25.1 Å². The van der Waals surface area contributed by atoms with E-state index in [1.54, 1.807) is 26.2 Å². The Labute approximate surface area is 117 Å². The molecule has 0 unspecified atom stereocenters. The Morgan fingerprint density at radius 1 is 1.40 bits per heavy atom. The van der Waals surface area contributed by atoms with Crippen LogP contribution in [0.25, 0.3) is 11.1 Å². The Balaban J connectivity index is 1.84. The van der Waals surface area contributed by atoms with E-state index in [2.05, 4.69) is 9.88 Å². The van der Waals surface area contributed by atoms with Crippen LogP contribution >= 0.6 is 0 Å². The number of hydrogen-bond donors (Lipinski definition) is 0. The molecular formula is C15H18N2O3. The van der Waals surface area contributed by atoms with Gasteiger partial charge in [0.25, 0.3) is 6.01 Å². The van der Waals surface area contributed by atoms with Crippen LogP contribution in [-0.2, 0) is 4.74 Å². The second-order valence-electron chi connectivity index (χ2n) is 5.16. The number of oxazole rings is 1. The van der Waals surface area contributed by atoms with Crippen molar-refractivity contribution in [2.24, 2.45) is 0 Å². The number of carbonyl (C=O) groups excluding carboxylic acids is 1. The van der Waals surface area contributed by atoms with E-state index in [0.29, 0.717) is 23.3 Å². The fraction of sp³-hybridized carbons (Fsp3) is 0.467. The van der Waals surface area contributed by atoms with Gasteiger partial charge in [0, 0.05) is 25.8 Å². The molecule has 0 saturated carbocycles. The first-order valence-corrected chi connectivity index (χ1v) is 6.86. The van der Waals surface area contributed by atoms with E-state index in [-0.39, 0.29) is 5.78 Å². The molecule has 1 saturated heterocycles. The topological polar surface area (TPSA) is 55.6 Å². The summed E-state index contributed by atoms with van der Waals surface area (Å²) in [5.74, 6) is 0.0331. The van der Waals surface area contributed by atoms with E-state index in [0.717, 1.165) is 31.4 Å². The molecule has 2 heterocycles. The van der Waals surface area contributed by atoms with Gasteiger partial charge in [-0.15, -0.1) is 0 Å². The normalized spacial score (nSPS) is 16.8. The summed E-state index contributed by atoms with van der Waals surface area (Å²) in [4.78, 5) is 18.0. The van der Waals surface area contributed by atoms with Gasteiger partial charge in [0.15, 0.2) is 11.4 Å². The lowest BCUT2D eigenvalue weighted by Crippen LogP contribution is -2.36. The Morgan fingerprint density at radius 2 is 2.15 bits per heavy atom. The van der Waals surface area contributed by atoms with Crippen molar-refractivity contribution in [3.63, 3.8) is 0 Å². The molecule has 1 fully saturated rings. The average molecular weight is 274 g/mol. The summed E-state index contributed by atoms with van der Waals surface area (Å²) < 4.78 is 11.2. The highest BCUT2D eigenvalue weighted by Crippen LogP contribution is 2.26. The highest BCUT2D eigenvalue weighted by atomic mass is 16.5. The monoisotopic (exact) mass is 274 g/mol. The maximum atomic E-state index is 11.4. The minimum atomic E-state index is 0.0331. The smallest absolute Gasteiger partial charge is 0.298 e. The highest BCUT2D eigenvalue weighted by Gasteiger charge is 2.22. The van der Waals surface area contributed by atoms with Gasteiger partial charge in [-0.3, -0.25) is 4.79 Å². The van der Waals surface area contributed by atoms with Crippen LogP contribution in [0.1, 0.15) is 30.1 Å².